The molecule has 0 aliphatic carbocycles. The molecule has 5 nitrogen and oxygen atoms in total. The molecule has 0 fully saturated rings. The van der Waals surface area contributed by atoms with E-state index in [-0.39, 0.29) is 5.91 Å². The van der Waals surface area contributed by atoms with Gasteiger partial charge in [-0.05, 0) is 24.3 Å². The number of hydrogen-bond acceptors (Lipinski definition) is 4. The van der Waals surface area contributed by atoms with Gasteiger partial charge in [-0.1, -0.05) is 18.2 Å². The van der Waals surface area contributed by atoms with Gasteiger partial charge in [-0.25, -0.2) is 0 Å². The molecule has 5 heteroatoms. The Kier molecular flexibility index (Phi) is 4.10. The molecule has 0 aromatic heterocycles. The van der Waals surface area contributed by atoms with E-state index in [1.54, 1.807) is 25.3 Å². The van der Waals surface area contributed by atoms with Crippen molar-refractivity contribution in [1.82, 2.24) is 5.32 Å². The van der Waals surface area contributed by atoms with Crippen molar-refractivity contribution in [2.45, 2.75) is 6.54 Å². The molecule has 0 saturated carbocycles. The van der Waals surface area contributed by atoms with Crippen molar-refractivity contribution in [2.24, 2.45) is 0 Å². The molecule has 2 rings (SSSR count). The predicted octanol–water partition coefficient (Wildman–Crippen LogP) is 1.79. The number of benzene rings is 2. The molecule has 0 heterocycles. The fourth-order valence-electron chi connectivity index (χ4n) is 1.93. The summed E-state index contributed by atoms with van der Waals surface area (Å²) >= 11 is 0. The van der Waals surface area contributed by atoms with Gasteiger partial charge in [-0.15, -0.1) is 0 Å². The number of rotatable bonds is 4. The van der Waals surface area contributed by atoms with Crippen molar-refractivity contribution in [1.29, 1.82) is 0 Å². The molecule has 2 aromatic rings. The van der Waals surface area contributed by atoms with E-state index in [4.69, 9.17) is 16.2 Å². The number of nitrogens with two attached hydrogens (primary N) is 2. The number of carbonyl (C=O) groups excluding carboxylic acids is 1. The second-order valence-electron chi connectivity index (χ2n) is 4.38. The number of hydrogen-bond donors (Lipinski definition) is 3. The largest absolute Gasteiger partial charge is 0.496 e. The molecule has 0 saturated heterocycles. The number of ether oxygens (including phenoxy) is 1. The number of para-hydroxylation sites is 1. The number of methoxy groups -OCH3 is 1. The van der Waals surface area contributed by atoms with E-state index in [0.29, 0.717) is 23.5 Å². The van der Waals surface area contributed by atoms with Gasteiger partial charge in [0.1, 0.15) is 5.75 Å². The van der Waals surface area contributed by atoms with Crippen LogP contribution in [-0.4, -0.2) is 13.0 Å². The third-order valence-electron chi connectivity index (χ3n) is 2.87. The van der Waals surface area contributed by atoms with Gasteiger partial charge in [0.05, 0.1) is 7.11 Å². The maximum Gasteiger partial charge on any atom is 0.251 e. The fraction of sp³-hybridized carbons (Fsp3) is 0.133. The number of nitrogens with one attached hydrogen (secondary N) is 1. The lowest BCUT2D eigenvalue weighted by Crippen LogP contribution is -2.23. The van der Waals surface area contributed by atoms with Crippen LogP contribution in [0.15, 0.2) is 42.5 Å². The van der Waals surface area contributed by atoms with Crippen LogP contribution in [0.3, 0.4) is 0 Å². The average Bonchev–Trinajstić information content (AvgIpc) is 2.44. The highest BCUT2D eigenvalue weighted by molar-refractivity contribution is 5.96. The normalized spacial score (nSPS) is 10.1. The summed E-state index contributed by atoms with van der Waals surface area (Å²) in [5, 5.41) is 2.81. The van der Waals surface area contributed by atoms with Gasteiger partial charge in [0.25, 0.3) is 5.91 Å². The zero-order valence-electron chi connectivity index (χ0n) is 11.2. The number of anilines is 2. The van der Waals surface area contributed by atoms with Crippen molar-refractivity contribution in [2.75, 3.05) is 18.6 Å². The van der Waals surface area contributed by atoms with Gasteiger partial charge in [-0.2, -0.15) is 0 Å². The second-order valence-corrected chi connectivity index (χ2v) is 4.38. The number of amides is 1. The van der Waals surface area contributed by atoms with Gasteiger partial charge >= 0.3 is 0 Å². The van der Waals surface area contributed by atoms with Crippen molar-refractivity contribution >= 4 is 17.3 Å². The van der Waals surface area contributed by atoms with Gasteiger partial charge in [0.2, 0.25) is 0 Å². The number of nitrogen functional groups attached to an aromatic ring is 2. The maximum atomic E-state index is 12.1. The Labute approximate surface area is 117 Å². The zero-order chi connectivity index (χ0) is 14.5. The molecule has 1 amide bonds. The molecule has 0 radical (unpaired) electrons. The van der Waals surface area contributed by atoms with E-state index in [9.17, 15) is 4.79 Å². The van der Waals surface area contributed by atoms with Crippen LogP contribution in [0, 0.1) is 0 Å². The molecule has 0 atom stereocenters. The third-order valence-corrected chi connectivity index (χ3v) is 2.87. The molecular formula is C15H17N3O2. The number of carbonyl (C=O) groups is 1. The highest BCUT2D eigenvalue weighted by Gasteiger charge is 2.08. The van der Waals surface area contributed by atoms with Gasteiger partial charge < -0.3 is 21.5 Å². The molecule has 0 aliphatic heterocycles. The summed E-state index contributed by atoms with van der Waals surface area (Å²) in [6, 6.07) is 12.3. The maximum absolute atomic E-state index is 12.1. The fourth-order valence-corrected chi connectivity index (χ4v) is 1.93. The van der Waals surface area contributed by atoms with Crippen LogP contribution < -0.4 is 21.5 Å². The van der Waals surface area contributed by atoms with Gasteiger partial charge in [0.15, 0.2) is 0 Å². The molecule has 0 aliphatic rings. The Balaban J connectivity index is 2.08. The molecular weight excluding hydrogens is 254 g/mol. The Morgan fingerprint density at radius 1 is 1.15 bits per heavy atom. The van der Waals surface area contributed by atoms with Crippen LogP contribution in [0.1, 0.15) is 15.9 Å². The van der Waals surface area contributed by atoms with Crippen molar-refractivity contribution in [3.63, 3.8) is 0 Å². The lowest BCUT2D eigenvalue weighted by Gasteiger charge is -2.10. The first-order valence-corrected chi connectivity index (χ1v) is 6.16. The quantitative estimate of drug-likeness (QED) is 0.739. The first-order chi connectivity index (χ1) is 9.60. The van der Waals surface area contributed by atoms with E-state index in [1.807, 2.05) is 24.3 Å². The third kappa shape index (κ3) is 3.20. The standard InChI is InChI=1S/C15H17N3O2/c1-20-14-5-3-2-4-10(14)9-18-15(19)11-6-12(16)8-13(17)7-11/h2-8H,9,16-17H2,1H3,(H,18,19). The summed E-state index contributed by atoms with van der Waals surface area (Å²) < 4.78 is 5.23. The van der Waals surface area contributed by atoms with Crippen LogP contribution in [0.25, 0.3) is 0 Å². The minimum Gasteiger partial charge on any atom is -0.496 e. The Hall–Kier alpha value is -2.69. The monoisotopic (exact) mass is 271 g/mol. The molecule has 104 valence electrons. The summed E-state index contributed by atoms with van der Waals surface area (Å²) in [6.45, 7) is 0.373. The molecule has 2 aromatic carbocycles. The minimum absolute atomic E-state index is 0.227. The first-order valence-electron chi connectivity index (χ1n) is 6.16. The Morgan fingerprint density at radius 2 is 1.80 bits per heavy atom. The molecule has 0 spiro atoms. The molecule has 20 heavy (non-hydrogen) atoms. The second kappa shape index (κ2) is 5.97. The highest BCUT2D eigenvalue weighted by atomic mass is 16.5. The average molecular weight is 271 g/mol. The SMILES string of the molecule is COc1ccccc1CNC(=O)c1cc(N)cc(N)c1. The molecule has 5 N–H and O–H groups in total. The summed E-state index contributed by atoms with van der Waals surface area (Å²) in [5.74, 6) is 0.509. The summed E-state index contributed by atoms with van der Waals surface area (Å²) in [7, 11) is 1.60. The van der Waals surface area contributed by atoms with Crippen molar-refractivity contribution in [3.8, 4) is 5.75 Å². The van der Waals surface area contributed by atoms with E-state index in [0.717, 1.165) is 11.3 Å². The van der Waals surface area contributed by atoms with E-state index in [2.05, 4.69) is 5.32 Å². The van der Waals surface area contributed by atoms with E-state index < -0.39 is 0 Å². The van der Waals surface area contributed by atoms with Gasteiger partial charge in [0, 0.05) is 29.0 Å². The van der Waals surface area contributed by atoms with Gasteiger partial charge in [-0.3, -0.25) is 4.79 Å². The first kappa shape index (κ1) is 13.7. The van der Waals surface area contributed by atoms with E-state index >= 15 is 0 Å². The van der Waals surface area contributed by atoms with Crippen molar-refractivity contribution in [3.05, 3.63) is 53.6 Å². The molecule has 0 bridgehead atoms. The smallest absolute Gasteiger partial charge is 0.251 e. The molecule has 0 unspecified atom stereocenters. The van der Waals surface area contributed by atoms with Crippen LogP contribution in [-0.2, 0) is 6.54 Å². The summed E-state index contributed by atoms with van der Waals surface area (Å²) in [5.41, 5.74) is 13.6. The lowest BCUT2D eigenvalue weighted by atomic mass is 10.1. The predicted molar refractivity (Wildman–Crippen MR) is 79.4 cm³/mol. The minimum atomic E-state index is -0.227. The van der Waals surface area contributed by atoms with Crippen molar-refractivity contribution < 1.29 is 9.53 Å². The topological polar surface area (TPSA) is 90.4 Å². The summed E-state index contributed by atoms with van der Waals surface area (Å²) in [4.78, 5) is 12.1. The Morgan fingerprint density at radius 3 is 2.45 bits per heavy atom. The zero-order valence-corrected chi connectivity index (χ0v) is 11.2. The lowest BCUT2D eigenvalue weighted by molar-refractivity contribution is 0.0951. The highest BCUT2D eigenvalue weighted by Crippen LogP contribution is 2.17. The summed E-state index contributed by atoms with van der Waals surface area (Å²) in [6.07, 6.45) is 0. The van der Waals surface area contributed by atoms with Crippen LogP contribution in [0.5, 0.6) is 5.75 Å². The Bertz CT molecular complexity index is 606. The van der Waals surface area contributed by atoms with Crippen LogP contribution in [0.4, 0.5) is 11.4 Å². The van der Waals surface area contributed by atoms with Crippen LogP contribution in [0.2, 0.25) is 0 Å². The van der Waals surface area contributed by atoms with E-state index in [1.165, 1.54) is 0 Å². The van der Waals surface area contributed by atoms with Crippen LogP contribution >= 0.6 is 0 Å².